The summed E-state index contributed by atoms with van der Waals surface area (Å²) in [5.74, 6) is 0.311. The molecule has 1 atom stereocenters. The lowest BCUT2D eigenvalue weighted by molar-refractivity contribution is -0.139. The highest BCUT2D eigenvalue weighted by Crippen LogP contribution is 2.29. The number of urea groups is 1. The second-order valence-corrected chi connectivity index (χ2v) is 6.86. The summed E-state index contributed by atoms with van der Waals surface area (Å²) in [5, 5.41) is 5.48. The van der Waals surface area contributed by atoms with E-state index in [4.69, 9.17) is 9.47 Å². The molecule has 2 N–H and O–H groups in total. The fraction of sp³-hybridized carbons (Fsp3) is 0.304. The fourth-order valence-corrected chi connectivity index (χ4v) is 3.17. The predicted octanol–water partition coefficient (Wildman–Crippen LogP) is 3.89. The smallest absolute Gasteiger partial charge is 0.338 e. The Labute approximate surface area is 170 Å². The molecule has 1 aliphatic heterocycles. The van der Waals surface area contributed by atoms with Crippen molar-refractivity contribution in [1.82, 2.24) is 10.6 Å². The quantitative estimate of drug-likeness (QED) is 0.666. The number of amides is 2. The van der Waals surface area contributed by atoms with Crippen molar-refractivity contribution in [3.05, 3.63) is 77.0 Å². The van der Waals surface area contributed by atoms with Crippen LogP contribution in [0.5, 0.6) is 5.75 Å². The maximum Gasteiger partial charge on any atom is 0.338 e. The largest absolute Gasteiger partial charge is 0.494 e. The molecule has 0 saturated heterocycles. The Kier molecular flexibility index (Phi) is 6.89. The van der Waals surface area contributed by atoms with Crippen LogP contribution in [0.15, 0.2) is 65.9 Å². The number of benzene rings is 2. The van der Waals surface area contributed by atoms with Gasteiger partial charge in [0.15, 0.2) is 0 Å². The zero-order valence-corrected chi connectivity index (χ0v) is 16.7. The third-order valence-corrected chi connectivity index (χ3v) is 4.64. The standard InChI is InChI=1S/C23H26N2O4/c1-3-14-28-19-11-9-18(10-12-19)21-20(16(2)24-23(27)25-21)22(26)29-15-13-17-7-5-4-6-8-17/h4-12,21H,3,13-15H2,1-2H3,(H2,24,25,27). The zero-order valence-electron chi connectivity index (χ0n) is 16.7. The van der Waals surface area contributed by atoms with Crippen molar-refractivity contribution in [1.29, 1.82) is 0 Å². The van der Waals surface area contributed by atoms with E-state index in [9.17, 15) is 9.59 Å². The van der Waals surface area contributed by atoms with Gasteiger partial charge in [-0.25, -0.2) is 9.59 Å². The number of ether oxygens (including phenoxy) is 2. The van der Waals surface area contributed by atoms with Gasteiger partial charge in [0.1, 0.15) is 5.75 Å². The molecule has 0 saturated carbocycles. The molecule has 0 aliphatic carbocycles. The first kappa shape index (κ1) is 20.5. The van der Waals surface area contributed by atoms with Gasteiger partial charge in [-0.05, 0) is 36.6 Å². The molecule has 152 valence electrons. The number of carbonyl (C=O) groups excluding carboxylic acids is 2. The molecule has 2 aromatic carbocycles. The molecular weight excluding hydrogens is 368 g/mol. The van der Waals surface area contributed by atoms with E-state index in [0.717, 1.165) is 23.3 Å². The minimum Gasteiger partial charge on any atom is -0.494 e. The third kappa shape index (κ3) is 5.38. The summed E-state index contributed by atoms with van der Waals surface area (Å²) in [6.45, 7) is 4.66. The van der Waals surface area contributed by atoms with Crippen LogP contribution in [-0.2, 0) is 16.0 Å². The van der Waals surface area contributed by atoms with Gasteiger partial charge in [-0.3, -0.25) is 0 Å². The van der Waals surface area contributed by atoms with Gasteiger partial charge in [0, 0.05) is 12.1 Å². The predicted molar refractivity (Wildman–Crippen MR) is 110 cm³/mol. The highest BCUT2D eigenvalue weighted by molar-refractivity contribution is 5.95. The topological polar surface area (TPSA) is 76.7 Å². The minimum absolute atomic E-state index is 0.268. The molecule has 0 radical (unpaired) electrons. The number of carbonyl (C=O) groups is 2. The van der Waals surface area contributed by atoms with Crippen molar-refractivity contribution in [3.63, 3.8) is 0 Å². The van der Waals surface area contributed by atoms with Crippen molar-refractivity contribution >= 4 is 12.0 Å². The summed E-state index contributed by atoms with van der Waals surface area (Å²) in [6.07, 6.45) is 1.56. The number of allylic oxidation sites excluding steroid dienone is 1. The van der Waals surface area contributed by atoms with E-state index in [0.29, 0.717) is 24.3 Å². The molecule has 6 heteroatoms. The lowest BCUT2D eigenvalue weighted by atomic mass is 9.95. The average molecular weight is 394 g/mol. The van der Waals surface area contributed by atoms with Gasteiger partial charge in [0.05, 0.1) is 24.8 Å². The van der Waals surface area contributed by atoms with Crippen molar-refractivity contribution in [2.45, 2.75) is 32.7 Å². The maximum absolute atomic E-state index is 12.8. The van der Waals surface area contributed by atoms with Crippen LogP contribution in [0.4, 0.5) is 4.79 Å². The van der Waals surface area contributed by atoms with E-state index in [1.807, 2.05) is 61.5 Å². The van der Waals surface area contributed by atoms with Crippen molar-refractivity contribution < 1.29 is 19.1 Å². The van der Waals surface area contributed by atoms with Crippen LogP contribution in [0.25, 0.3) is 0 Å². The van der Waals surface area contributed by atoms with Gasteiger partial charge in [0.2, 0.25) is 0 Å². The van der Waals surface area contributed by atoms with E-state index in [2.05, 4.69) is 10.6 Å². The van der Waals surface area contributed by atoms with Crippen LogP contribution in [0.3, 0.4) is 0 Å². The molecule has 0 spiro atoms. The van der Waals surface area contributed by atoms with Crippen molar-refractivity contribution in [2.24, 2.45) is 0 Å². The van der Waals surface area contributed by atoms with Gasteiger partial charge >= 0.3 is 12.0 Å². The summed E-state index contributed by atoms with van der Waals surface area (Å²) in [5.41, 5.74) is 2.79. The Bertz CT molecular complexity index is 876. The summed E-state index contributed by atoms with van der Waals surface area (Å²) in [6, 6.07) is 16.3. The Morgan fingerprint density at radius 1 is 1.03 bits per heavy atom. The SMILES string of the molecule is CCCOc1ccc(C2NC(=O)NC(C)=C2C(=O)OCCc2ccccc2)cc1. The number of nitrogens with one attached hydrogen (secondary N) is 2. The molecule has 0 bridgehead atoms. The Morgan fingerprint density at radius 2 is 1.76 bits per heavy atom. The van der Waals surface area contributed by atoms with Crippen LogP contribution < -0.4 is 15.4 Å². The second kappa shape index (κ2) is 9.78. The van der Waals surface area contributed by atoms with Crippen LogP contribution in [0.1, 0.15) is 37.4 Å². The van der Waals surface area contributed by atoms with Gasteiger partial charge in [0.25, 0.3) is 0 Å². The molecule has 3 rings (SSSR count). The van der Waals surface area contributed by atoms with Crippen LogP contribution in [0, 0.1) is 0 Å². The summed E-state index contributed by atoms with van der Waals surface area (Å²) < 4.78 is 11.1. The number of rotatable bonds is 8. The molecule has 6 nitrogen and oxygen atoms in total. The van der Waals surface area contributed by atoms with E-state index in [1.165, 1.54) is 0 Å². The molecule has 2 amide bonds. The van der Waals surface area contributed by atoms with Gasteiger partial charge < -0.3 is 20.1 Å². The number of hydrogen-bond acceptors (Lipinski definition) is 4. The van der Waals surface area contributed by atoms with Crippen LogP contribution in [-0.4, -0.2) is 25.2 Å². The van der Waals surface area contributed by atoms with Crippen LogP contribution >= 0.6 is 0 Å². The minimum atomic E-state index is -0.576. The summed E-state index contributed by atoms with van der Waals surface area (Å²) in [7, 11) is 0. The van der Waals surface area contributed by atoms with E-state index in [1.54, 1.807) is 6.92 Å². The Morgan fingerprint density at radius 3 is 2.45 bits per heavy atom. The maximum atomic E-state index is 12.8. The first-order chi connectivity index (χ1) is 14.1. The zero-order chi connectivity index (χ0) is 20.6. The second-order valence-electron chi connectivity index (χ2n) is 6.86. The monoisotopic (exact) mass is 394 g/mol. The number of esters is 1. The Balaban J connectivity index is 1.72. The van der Waals surface area contributed by atoms with E-state index >= 15 is 0 Å². The number of hydrogen-bond donors (Lipinski definition) is 2. The van der Waals surface area contributed by atoms with Gasteiger partial charge in [-0.2, -0.15) is 0 Å². The molecular formula is C23H26N2O4. The molecule has 29 heavy (non-hydrogen) atoms. The lowest BCUT2D eigenvalue weighted by Gasteiger charge is -2.28. The first-order valence-corrected chi connectivity index (χ1v) is 9.80. The third-order valence-electron chi connectivity index (χ3n) is 4.64. The van der Waals surface area contributed by atoms with E-state index in [-0.39, 0.29) is 12.6 Å². The molecule has 1 unspecified atom stereocenters. The highest BCUT2D eigenvalue weighted by Gasteiger charge is 2.32. The molecule has 0 fully saturated rings. The molecule has 1 aliphatic rings. The molecule has 2 aromatic rings. The van der Waals surface area contributed by atoms with Gasteiger partial charge in [-0.1, -0.05) is 49.4 Å². The Hall–Kier alpha value is -3.28. The first-order valence-electron chi connectivity index (χ1n) is 9.80. The van der Waals surface area contributed by atoms with Crippen molar-refractivity contribution in [3.8, 4) is 5.75 Å². The van der Waals surface area contributed by atoms with Crippen LogP contribution in [0.2, 0.25) is 0 Å². The lowest BCUT2D eigenvalue weighted by Crippen LogP contribution is -2.45. The average Bonchev–Trinajstić information content (AvgIpc) is 2.72. The van der Waals surface area contributed by atoms with E-state index < -0.39 is 12.0 Å². The highest BCUT2D eigenvalue weighted by atomic mass is 16.5. The van der Waals surface area contributed by atoms with Gasteiger partial charge in [-0.15, -0.1) is 0 Å². The summed E-state index contributed by atoms with van der Waals surface area (Å²) >= 11 is 0. The van der Waals surface area contributed by atoms with Crippen molar-refractivity contribution in [2.75, 3.05) is 13.2 Å². The normalized spacial score (nSPS) is 16.1. The molecule has 0 aromatic heterocycles. The molecule has 1 heterocycles. The fourth-order valence-electron chi connectivity index (χ4n) is 3.17. The summed E-state index contributed by atoms with van der Waals surface area (Å²) in [4.78, 5) is 24.8.